The Hall–Kier alpha value is -7.39. The van der Waals surface area contributed by atoms with E-state index in [0.717, 1.165) is 77.2 Å². The zero-order valence-electron chi connectivity index (χ0n) is 26.7. The van der Waals surface area contributed by atoms with Gasteiger partial charge in [-0.15, -0.1) is 0 Å². The molecule has 0 atom stereocenters. The van der Waals surface area contributed by atoms with Crippen LogP contribution in [0.25, 0.3) is 82.1 Å². The number of rotatable bonds is 4. The monoisotopic (exact) mass is 635 g/mol. The highest BCUT2D eigenvalue weighted by atomic mass is 15.0. The summed E-state index contributed by atoms with van der Waals surface area (Å²) < 4.78 is 4.41. The maximum absolute atomic E-state index is 10.4. The lowest BCUT2D eigenvalue weighted by Gasteiger charge is -2.16. The molecule has 0 N–H and O–H groups in total. The Bertz CT molecular complexity index is 2960. The lowest BCUT2D eigenvalue weighted by molar-refractivity contribution is 1.16. The first-order chi connectivity index (χ1) is 24.6. The van der Waals surface area contributed by atoms with Gasteiger partial charge in [-0.2, -0.15) is 10.5 Å². The zero-order valence-corrected chi connectivity index (χ0v) is 26.7. The first-order valence-electron chi connectivity index (χ1n) is 16.2. The molecular weight excluding hydrogens is 611 g/mol. The maximum atomic E-state index is 10.4. The molecular formula is C45H25N5. The molecule has 7 aromatic carbocycles. The van der Waals surface area contributed by atoms with E-state index in [1.807, 2.05) is 91.0 Å². The highest BCUT2D eigenvalue weighted by molar-refractivity contribution is 6.11. The Morgan fingerprint density at radius 1 is 0.460 bits per heavy atom. The first kappa shape index (κ1) is 28.8. The van der Waals surface area contributed by atoms with Gasteiger partial charge in [0.1, 0.15) is 6.07 Å². The minimum Gasteiger partial charge on any atom is -0.309 e. The van der Waals surface area contributed by atoms with Gasteiger partial charge in [0.15, 0.2) is 5.69 Å². The molecule has 0 unspecified atom stereocenters. The highest BCUT2D eigenvalue weighted by Gasteiger charge is 2.18. The largest absolute Gasteiger partial charge is 0.309 e. The van der Waals surface area contributed by atoms with Crippen LogP contribution in [0.2, 0.25) is 0 Å². The van der Waals surface area contributed by atoms with E-state index in [4.69, 9.17) is 6.57 Å². The molecule has 0 aliphatic rings. The smallest absolute Gasteiger partial charge is 0.188 e. The Kier molecular flexibility index (Phi) is 6.56. The van der Waals surface area contributed by atoms with Crippen molar-refractivity contribution in [2.75, 3.05) is 0 Å². The molecule has 0 spiro atoms. The molecule has 9 rings (SSSR count). The number of benzene rings is 7. The van der Waals surface area contributed by atoms with E-state index in [2.05, 4.69) is 86.8 Å². The van der Waals surface area contributed by atoms with Crippen LogP contribution < -0.4 is 0 Å². The van der Waals surface area contributed by atoms with Crippen molar-refractivity contribution < 1.29 is 0 Å². The van der Waals surface area contributed by atoms with Crippen molar-refractivity contribution in [2.24, 2.45) is 0 Å². The lowest BCUT2D eigenvalue weighted by atomic mass is 9.96. The molecule has 0 radical (unpaired) electrons. The molecule has 0 aliphatic carbocycles. The van der Waals surface area contributed by atoms with E-state index in [1.54, 1.807) is 0 Å². The molecule has 2 heterocycles. The van der Waals surface area contributed by atoms with Gasteiger partial charge in [0, 0.05) is 21.8 Å². The molecule has 230 valence electrons. The summed E-state index contributed by atoms with van der Waals surface area (Å²) in [6, 6.07) is 55.8. The van der Waals surface area contributed by atoms with Crippen molar-refractivity contribution >= 4 is 49.3 Å². The van der Waals surface area contributed by atoms with Gasteiger partial charge in [0.2, 0.25) is 0 Å². The van der Waals surface area contributed by atoms with Crippen LogP contribution in [0.4, 0.5) is 5.69 Å². The van der Waals surface area contributed by atoms with Crippen LogP contribution in [0, 0.1) is 29.2 Å². The highest BCUT2D eigenvalue weighted by Crippen LogP contribution is 2.39. The Morgan fingerprint density at radius 2 is 1.08 bits per heavy atom. The molecule has 9 aromatic rings. The van der Waals surface area contributed by atoms with E-state index >= 15 is 0 Å². The van der Waals surface area contributed by atoms with E-state index in [0.29, 0.717) is 16.8 Å². The zero-order chi connectivity index (χ0) is 33.8. The van der Waals surface area contributed by atoms with Gasteiger partial charge in [-0.25, -0.2) is 4.85 Å². The summed E-state index contributed by atoms with van der Waals surface area (Å²) in [6.45, 7) is 7.63. The van der Waals surface area contributed by atoms with Crippen LogP contribution in [0.5, 0.6) is 0 Å². The Balaban J connectivity index is 1.32. The SMILES string of the molecule is [C-]#[N+]c1ccc2c(c1)c1ccccc1n2-c1cc(-c2ccccc2)cc(-c2ccc(C#N)c(-n3c4ccccc4c4cc(C#N)ccc43)c2)c1. The van der Waals surface area contributed by atoms with Crippen LogP contribution >= 0.6 is 0 Å². The van der Waals surface area contributed by atoms with Gasteiger partial charge in [0.05, 0.1) is 51.5 Å². The predicted octanol–water partition coefficient (Wildman–Crippen LogP) is 11.5. The minimum absolute atomic E-state index is 0.554. The maximum Gasteiger partial charge on any atom is 0.188 e. The predicted molar refractivity (Wildman–Crippen MR) is 202 cm³/mol. The van der Waals surface area contributed by atoms with Crippen molar-refractivity contribution in [3.05, 3.63) is 174 Å². The second kappa shape index (κ2) is 11.4. The molecule has 0 bridgehead atoms. The molecule has 0 fully saturated rings. The van der Waals surface area contributed by atoms with Gasteiger partial charge in [-0.05, 0) is 100 Å². The number of hydrogen-bond donors (Lipinski definition) is 0. The number of para-hydroxylation sites is 2. The van der Waals surface area contributed by atoms with Crippen LogP contribution in [0.15, 0.2) is 152 Å². The fourth-order valence-electron chi connectivity index (χ4n) is 7.31. The van der Waals surface area contributed by atoms with Gasteiger partial charge in [-0.1, -0.05) is 78.9 Å². The van der Waals surface area contributed by atoms with E-state index in [-0.39, 0.29) is 0 Å². The van der Waals surface area contributed by atoms with Crippen LogP contribution in [0.1, 0.15) is 11.1 Å². The number of hydrogen-bond acceptors (Lipinski definition) is 2. The number of nitriles is 2. The van der Waals surface area contributed by atoms with E-state index in [9.17, 15) is 10.5 Å². The normalized spacial score (nSPS) is 11.1. The summed E-state index contributed by atoms with van der Waals surface area (Å²) in [4.78, 5) is 3.71. The summed E-state index contributed by atoms with van der Waals surface area (Å²) in [7, 11) is 0. The fraction of sp³-hybridized carbons (Fsp3) is 0. The molecule has 0 saturated heterocycles. The molecule has 5 nitrogen and oxygen atoms in total. The average molecular weight is 636 g/mol. The van der Waals surface area contributed by atoms with Crippen molar-refractivity contribution in [3.8, 4) is 45.8 Å². The second-order valence-corrected chi connectivity index (χ2v) is 12.3. The molecule has 5 heteroatoms. The summed E-state index contributed by atoms with van der Waals surface area (Å²) in [6.07, 6.45) is 0. The van der Waals surface area contributed by atoms with E-state index < -0.39 is 0 Å². The first-order valence-corrected chi connectivity index (χ1v) is 16.2. The van der Waals surface area contributed by atoms with E-state index in [1.165, 1.54) is 0 Å². The van der Waals surface area contributed by atoms with Crippen molar-refractivity contribution in [1.82, 2.24) is 9.13 Å². The molecule has 50 heavy (non-hydrogen) atoms. The molecule has 0 aliphatic heterocycles. The Morgan fingerprint density at radius 3 is 1.80 bits per heavy atom. The van der Waals surface area contributed by atoms with Gasteiger partial charge in [0.25, 0.3) is 0 Å². The summed E-state index contributed by atoms with van der Waals surface area (Å²) in [5.74, 6) is 0. The van der Waals surface area contributed by atoms with Crippen LogP contribution in [-0.4, -0.2) is 9.13 Å². The molecule has 0 saturated carbocycles. The third kappa shape index (κ3) is 4.45. The average Bonchev–Trinajstić information content (AvgIpc) is 3.69. The van der Waals surface area contributed by atoms with Crippen LogP contribution in [-0.2, 0) is 0 Å². The summed E-state index contributed by atoms with van der Waals surface area (Å²) in [5.41, 5.74) is 11.6. The molecule has 2 aromatic heterocycles. The quantitative estimate of drug-likeness (QED) is 0.181. The van der Waals surface area contributed by atoms with Crippen molar-refractivity contribution in [1.29, 1.82) is 10.5 Å². The third-order valence-electron chi connectivity index (χ3n) is 9.56. The van der Waals surface area contributed by atoms with Gasteiger partial charge in [-0.3, -0.25) is 0 Å². The van der Waals surface area contributed by atoms with Crippen molar-refractivity contribution in [2.45, 2.75) is 0 Å². The van der Waals surface area contributed by atoms with Crippen LogP contribution in [0.3, 0.4) is 0 Å². The number of aromatic nitrogens is 2. The minimum atomic E-state index is 0.554. The van der Waals surface area contributed by atoms with Crippen molar-refractivity contribution in [3.63, 3.8) is 0 Å². The van der Waals surface area contributed by atoms with Gasteiger partial charge >= 0.3 is 0 Å². The number of fused-ring (bicyclic) bond motifs is 6. The van der Waals surface area contributed by atoms with Gasteiger partial charge < -0.3 is 9.13 Å². The third-order valence-corrected chi connectivity index (χ3v) is 9.56. The topological polar surface area (TPSA) is 61.8 Å². The fourth-order valence-corrected chi connectivity index (χ4v) is 7.31. The molecule has 0 amide bonds. The second-order valence-electron chi connectivity index (χ2n) is 12.3. The summed E-state index contributed by atoms with van der Waals surface area (Å²) >= 11 is 0. The number of nitrogens with zero attached hydrogens (tertiary/aromatic N) is 5. The Labute approximate surface area is 288 Å². The summed E-state index contributed by atoms with van der Waals surface area (Å²) in [5, 5.41) is 24.2. The lowest BCUT2D eigenvalue weighted by Crippen LogP contribution is -1.99. The standard InChI is InChI=1S/C45H25N5/c1-48-35-18-20-43-40(26-35)38-12-5-7-13-41(38)49(43)36-23-33(30-9-3-2-4-10-30)22-34(24-36)31-16-17-32(28-47)45(25-31)50-42-14-8-6-11-37(42)39-21-29(27-46)15-19-44(39)50/h2-26H.